The Labute approximate surface area is 209 Å². The Morgan fingerprint density at radius 2 is 2.17 bits per heavy atom. The maximum absolute atomic E-state index is 12.4. The smallest absolute Gasteiger partial charge is 0.353 e. The van der Waals surface area contributed by atoms with Gasteiger partial charge in [-0.05, 0) is 68.1 Å². The van der Waals surface area contributed by atoms with E-state index in [0.29, 0.717) is 24.3 Å². The molecule has 0 amide bonds. The van der Waals surface area contributed by atoms with Gasteiger partial charge in [-0.2, -0.15) is 5.26 Å². The zero-order valence-electron chi connectivity index (χ0n) is 20.1. The average molecular weight is 492 g/mol. The fourth-order valence-electron chi connectivity index (χ4n) is 4.22. The summed E-state index contributed by atoms with van der Waals surface area (Å²) in [6.07, 6.45) is 3.65. The third kappa shape index (κ3) is 5.38. The largest absolute Gasteiger partial charge is 0.490 e. The topological polar surface area (TPSA) is 104 Å². The number of nitriles is 1. The molecule has 1 aliphatic rings. The summed E-state index contributed by atoms with van der Waals surface area (Å²) in [5.74, 6) is -0.0725. The van der Waals surface area contributed by atoms with Crippen molar-refractivity contribution in [3.8, 4) is 32.8 Å². The number of esters is 1. The Balaban J connectivity index is 1.57. The van der Waals surface area contributed by atoms with E-state index in [0.717, 1.165) is 45.0 Å². The zero-order valence-corrected chi connectivity index (χ0v) is 20.9. The van der Waals surface area contributed by atoms with Crippen molar-refractivity contribution in [1.82, 2.24) is 10.3 Å². The van der Waals surface area contributed by atoms with Crippen molar-refractivity contribution < 1.29 is 19.4 Å². The van der Waals surface area contributed by atoms with Gasteiger partial charge in [0, 0.05) is 18.2 Å². The lowest BCUT2D eigenvalue weighted by Gasteiger charge is -2.21. The lowest BCUT2D eigenvalue weighted by Crippen LogP contribution is -2.48. The van der Waals surface area contributed by atoms with Crippen LogP contribution in [0.15, 0.2) is 42.6 Å². The van der Waals surface area contributed by atoms with Crippen molar-refractivity contribution in [3.63, 3.8) is 0 Å². The third-order valence-corrected chi connectivity index (χ3v) is 7.02. The first-order valence-corrected chi connectivity index (χ1v) is 12.6. The Kier molecular flexibility index (Phi) is 7.51. The molecular weight excluding hydrogens is 462 g/mol. The molecule has 4 rings (SSSR count). The van der Waals surface area contributed by atoms with Crippen LogP contribution in [0.25, 0.3) is 21.0 Å². The predicted molar refractivity (Wildman–Crippen MR) is 135 cm³/mol. The number of nitrogens with zero attached hydrogens (tertiary/aromatic N) is 2. The van der Waals surface area contributed by atoms with E-state index in [-0.39, 0.29) is 12.7 Å². The Morgan fingerprint density at radius 1 is 1.34 bits per heavy atom. The highest BCUT2D eigenvalue weighted by Crippen LogP contribution is 2.36. The molecule has 0 aliphatic carbocycles. The van der Waals surface area contributed by atoms with Crippen LogP contribution in [0.1, 0.15) is 50.3 Å². The second-order valence-electron chi connectivity index (χ2n) is 8.78. The number of hydrogen-bond donors (Lipinski definition) is 2. The van der Waals surface area contributed by atoms with Crippen molar-refractivity contribution in [2.75, 3.05) is 6.54 Å². The summed E-state index contributed by atoms with van der Waals surface area (Å²) in [7, 11) is 0. The van der Waals surface area contributed by atoms with Crippen LogP contribution in [0, 0.1) is 11.3 Å². The van der Waals surface area contributed by atoms with E-state index in [1.54, 1.807) is 17.4 Å². The molecule has 0 spiro atoms. The molecule has 2 aromatic carbocycles. The van der Waals surface area contributed by atoms with Gasteiger partial charge in [0.2, 0.25) is 5.72 Å². The van der Waals surface area contributed by atoms with Crippen LogP contribution in [-0.4, -0.2) is 34.4 Å². The summed E-state index contributed by atoms with van der Waals surface area (Å²) in [5.41, 5.74) is 2.74. The van der Waals surface area contributed by atoms with Gasteiger partial charge in [-0.1, -0.05) is 25.1 Å². The number of ether oxygens (including phenoxy) is 2. The summed E-state index contributed by atoms with van der Waals surface area (Å²) in [4.78, 5) is 18.0. The fourth-order valence-corrected chi connectivity index (χ4v) is 5.19. The number of hydrogen-bond acceptors (Lipinski definition) is 8. The second kappa shape index (κ2) is 10.6. The number of benzene rings is 2. The first-order chi connectivity index (χ1) is 16.8. The van der Waals surface area contributed by atoms with E-state index < -0.39 is 11.7 Å². The first-order valence-electron chi connectivity index (χ1n) is 11.8. The highest BCUT2D eigenvalue weighted by molar-refractivity contribution is 7.18. The van der Waals surface area contributed by atoms with Gasteiger partial charge in [-0.25, -0.2) is 9.78 Å². The van der Waals surface area contributed by atoms with Crippen LogP contribution in [-0.2, 0) is 22.6 Å². The maximum atomic E-state index is 12.4. The Morgan fingerprint density at radius 3 is 2.86 bits per heavy atom. The molecule has 3 aromatic rings. The van der Waals surface area contributed by atoms with Gasteiger partial charge in [0.25, 0.3) is 0 Å². The maximum Gasteiger partial charge on any atom is 0.353 e. The molecular formula is C27H29N3O4S. The minimum Gasteiger partial charge on any atom is -0.490 e. The van der Waals surface area contributed by atoms with Crippen molar-refractivity contribution >= 4 is 17.3 Å². The Hall–Kier alpha value is -3.25. The normalized spacial score (nSPS) is 17.4. The quantitative estimate of drug-likeness (QED) is 0.436. The number of thiazole rings is 1. The lowest BCUT2D eigenvalue weighted by molar-refractivity contribution is -0.168. The molecule has 0 radical (unpaired) electrons. The number of aliphatic hydroxyl groups is 1. The predicted octanol–water partition coefficient (Wildman–Crippen LogP) is 4.81. The molecule has 1 aliphatic heterocycles. The highest BCUT2D eigenvalue weighted by Gasteiger charge is 2.40. The molecule has 1 fully saturated rings. The molecule has 0 bridgehead atoms. The molecule has 2 N–H and O–H groups in total. The summed E-state index contributed by atoms with van der Waals surface area (Å²) >= 11 is 1.54. The fraction of sp³-hybridized carbons (Fsp3) is 0.370. The van der Waals surface area contributed by atoms with Crippen molar-refractivity contribution in [2.45, 2.75) is 58.5 Å². The molecule has 8 heteroatoms. The van der Waals surface area contributed by atoms with Crippen molar-refractivity contribution in [1.29, 1.82) is 5.26 Å². The van der Waals surface area contributed by atoms with Gasteiger partial charge in [0.15, 0.2) is 0 Å². The lowest BCUT2D eigenvalue weighted by atomic mass is 9.98. The van der Waals surface area contributed by atoms with E-state index in [2.05, 4.69) is 23.3 Å². The standard InChI is InChI=1S/C27H29N3O4S/c1-4-21-19(16-33-26(31)27(32)11-6-12-30-27)7-5-8-22(21)24-15-29-25(35-24)18-9-10-23(34-17(2)3)20(13-18)14-28/h5,7-10,13,15,17,30,32H,4,6,11-12,16H2,1-3H3/t27-/m1/s1. The van der Waals surface area contributed by atoms with Crippen LogP contribution in [0.3, 0.4) is 0 Å². The molecule has 0 saturated carbocycles. The second-order valence-corrected chi connectivity index (χ2v) is 9.81. The van der Waals surface area contributed by atoms with Crippen molar-refractivity contribution in [3.05, 3.63) is 59.3 Å². The third-order valence-electron chi connectivity index (χ3n) is 5.94. The van der Waals surface area contributed by atoms with Crippen LogP contribution in [0.4, 0.5) is 0 Å². The van der Waals surface area contributed by atoms with Crippen LogP contribution in [0.2, 0.25) is 0 Å². The van der Waals surface area contributed by atoms with E-state index in [4.69, 9.17) is 9.47 Å². The van der Waals surface area contributed by atoms with Gasteiger partial charge in [0.05, 0.1) is 16.5 Å². The van der Waals surface area contributed by atoms with Gasteiger partial charge in [0.1, 0.15) is 23.4 Å². The molecule has 1 aromatic heterocycles. The number of nitrogens with one attached hydrogen (secondary N) is 1. The molecule has 0 unspecified atom stereocenters. The molecule has 1 atom stereocenters. The summed E-state index contributed by atoms with van der Waals surface area (Å²) in [5, 5.41) is 23.6. The molecule has 2 heterocycles. The molecule has 35 heavy (non-hydrogen) atoms. The summed E-state index contributed by atoms with van der Waals surface area (Å²) < 4.78 is 11.2. The number of carbonyl (C=O) groups is 1. The minimum atomic E-state index is -1.59. The van der Waals surface area contributed by atoms with Gasteiger partial charge < -0.3 is 14.6 Å². The van der Waals surface area contributed by atoms with Crippen LogP contribution >= 0.6 is 11.3 Å². The zero-order chi connectivity index (χ0) is 25.0. The van der Waals surface area contributed by atoms with Gasteiger partial charge in [-0.3, -0.25) is 5.32 Å². The monoisotopic (exact) mass is 491 g/mol. The van der Waals surface area contributed by atoms with Crippen LogP contribution < -0.4 is 10.1 Å². The van der Waals surface area contributed by atoms with Gasteiger partial charge >= 0.3 is 5.97 Å². The first kappa shape index (κ1) is 24.9. The van der Waals surface area contributed by atoms with Gasteiger partial charge in [-0.15, -0.1) is 11.3 Å². The van der Waals surface area contributed by atoms with E-state index in [1.807, 2.05) is 50.4 Å². The summed E-state index contributed by atoms with van der Waals surface area (Å²) in [6, 6.07) is 13.7. The minimum absolute atomic E-state index is 0.0178. The van der Waals surface area contributed by atoms with E-state index >= 15 is 0 Å². The molecule has 1 saturated heterocycles. The van der Waals surface area contributed by atoms with E-state index in [1.165, 1.54) is 0 Å². The van der Waals surface area contributed by atoms with Crippen molar-refractivity contribution in [2.24, 2.45) is 0 Å². The van der Waals surface area contributed by atoms with Crippen LogP contribution in [0.5, 0.6) is 5.75 Å². The number of carbonyl (C=O) groups excluding carboxylic acids is 1. The highest BCUT2D eigenvalue weighted by atomic mass is 32.1. The molecule has 7 nitrogen and oxygen atoms in total. The number of rotatable bonds is 8. The average Bonchev–Trinajstić information content (AvgIpc) is 3.52. The molecule has 182 valence electrons. The van der Waals surface area contributed by atoms with E-state index in [9.17, 15) is 15.2 Å². The SMILES string of the molecule is CCc1c(COC(=O)[C@]2(O)CCCN2)cccc1-c1cnc(-c2ccc(OC(C)C)c(C#N)c2)s1. The Bertz CT molecular complexity index is 1260. The summed E-state index contributed by atoms with van der Waals surface area (Å²) in [6.45, 7) is 6.60. The number of aromatic nitrogens is 1.